The van der Waals surface area contributed by atoms with Crippen molar-refractivity contribution < 1.29 is 0 Å². The van der Waals surface area contributed by atoms with Gasteiger partial charge in [0.25, 0.3) is 0 Å². The average molecular weight is 374 g/mol. The molecule has 0 amide bonds. The van der Waals surface area contributed by atoms with Gasteiger partial charge < -0.3 is 14.4 Å². The van der Waals surface area contributed by atoms with Crippen LogP contribution >= 0.6 is 0 Å². The van der Waals surface area contributed by atoms with Crippen molar-refractivity contribution in [2.45, 2.75) is 0 Å². The highest BCUT2D eigenvalue weighted by atomic mass is 15.2. The lowest BCUT2D eigenvalue weighted by molar-refractivity contribution is 0.313. The number of aromatic nitrogens is 3. The Kier molecular flexibility index (Phi) is 5.44. The average Bonchev–Trinajstić information content (AvgIpc) is 3.34. The van der Waals surface area contributed by atoms with Crippen LogP contribution in [0.3, 0.4) is 0 Å². The Morgan fingerprint density at radius 3 is 2.39 bits per heavy atom. The van der Waals surface area contributed by atoms with Gasteiger partial charge >= 0.3 is 0 Å². The Labute approximate surface area is 166 Å². The van der Waals surface area contributed by atoms with E-state index in [0.29, 0.717) is 0 Å². The summed E-state index contributed by atoms with van der Waals surface area (Å²) in [4.78, 5) is 4.83. The quantitative estimate of drug-likeness (QED) is 0.739. The van der Waals surface area contributed by atoms with Crippen molar-refractivity contribution in [3.05, 3.63) is 71.3 Å². The molecule has 0 atom stereocenters. The number of anilines is 1. The molecular formula is C23H27N5. The van der Waals surface area contributed by atoms with Crippen molar-refractivity contribution in [3.63, 3.8) is 0 Å². The van der Waals surface area contributed by atoms with Gasteiger partial charge in [-0.05, 0) is 61.2 Å². The summed E-state index contributed by atoms with van der Waals surface area (Å²) in [7, 11) is 4.22. The summed E-state index contributed by atoms with van der Waals surface area (Å²) in [5.41, 5.74) is 5.56. The molecule has 5 heteroatoms. The van der Waals surface area contributed by atoms with Crippen LogP contribution in [-0.2, 0) is 7.05 Å². The first-order valence-electron chi connectivity index (χ1n) is 9.74. The van der Waals surface area contributed by atoms with Crippen molar-refractivity contribution in [1.29, 1.82) is 0 Å². The van der Waals surface area contributed by atoms with Crippen LogP contribution in [0.4, 0.5) is 5.69 Å². The van der Waals surface area contributed by atoms with E-state index in [2.05, 4.69) is 80.2 Å². The highest BCUT2D eigenvalue weighted by Crippen LogP contribution is 2.18. The monoisotopic (exact) mass is 373 g/mol. The minimum Gasteiger partial charge on any atom is -0.369 e. The van der Waals surface area contributed by atoms with Gasteiger partial charge in [-0.1, -0.05) is 18.2 Å². The molecule has 1 fully saturated rings. The molecule has 144 valence electrons. The summed E-state index contributed by atoms with van der Waals surface area (Å²) in [5, 5.41) is 7.44. The number of likely N-dealkylation sites (N-methyl/N-ethyl adjacent to an activating group) is 1. The lowest BCUT2D eigenvalue weighted by atomic mass is 10.1. The van der Waals surface area contributed by atoms with Gasteiger partial charge in [0.15, 0.2) is 0 Å². The van der Waals surface area contributed by atoms with Gasteiger partial charge in [0.05, 0.1) is 11.4 Å². The third-order valence-corrected chi connectivity index (χ3v) is 5.24. The van der Waals surface area contributed by atoms with Gasteiger partial charge in [-0.25, -0.2) is 0 Å². The zero-order chi connectivity index (χ0) is 19.3. The largest absolute Gasteiger partial charge is 0.369 e. The Hall–Kier alpha value is -3.05. The predicted molar refractivity (Wildman–Crippen MR) is 118 cm³/mol. The van der Waals surface area contributed by atoms with Gasteiger partial charge in [0, 0.05) is 50.8 Å². The molecule has 0 spiro atoms. The number of nitrogens with one attached hydrogen (secondary N) is 1. The third-order valence-electron chi connectivity index (χ3n) is 5.24. The fraction of sp³-hybridized carbons (Fsp3) is 0.261. The molecular weight excluding hydrogens is 346 g/mol. The SMILES string of the molecule is CN1CCN(c2ccc(C=Cc3cc(C=Cc4cccn4C)[nH]n3)cc2)CC1. The number of hydrogen-bond acceptors (Lipinski definition) is 3. The number of aryl methyl sites for hydroxylation is 1. The molecule has 2 aromatic heterocycles. The Morgan fingerprint density at radius 1 is 0.893 bits per heavy atom. The molecule has 28 heavy (non-hydrogen) atoms. The summed E-state index contributed by atoms with van der Waals surface area (Å²) < 4.78 is 2.08. The second kappa shape index (κ2) is 8.31. The molecule has 1 aliphatic heterocycles. The van der Waals surface area contributed by atoms with E-state index in [9.17, 15) is 0 Å². The van der Waals surface area contributed by atoms with E-state index in [4.69, 9.17) is 0 Å². The van der Waals surface area contributed by atoms with Crippen LogP contribution < -0.4 is 4.90 Å². The smallest absolute Gasteiger partial charge is 0.0854 e. The lowest BCUT2D eigenvalue weighted by Crippen LogP contribution is -2.44. The van der Waals surface area contributed by atoms with Crippen LogP contribution in [0.1, 0.15) is 22.6 Å². The van der Waals surface area contributed by atoms with Crippen LogP contribution in [0.15, 0.2) is 48.7 Å². The van der Waals surface area contributed by atoms with E-state index >= 15 is 0 Å². The number of piperazine rings is 1. The molecule has 3 aromatic rings. The molecule has 4 rings (SSSR count). The van der Waals surface area contributed by atoms with E-state index in [0.717, 1.165) is 43.3 Å². The molecule has 1 saturated heterocycles. The Bertz CT molecular complexity index is 953. The van der Waals surface area contributed by atoms with Crippen molar-refractivity contribution in [3.8, 4) is 0 Å². The van der Waals surface area contributed by atoms with E-state index in [1.54, 1.807) is 0 Å². The predicted octanol–water partition coefficient (Wildman–Crippen LogP) is 3.84. The maximum atomic E-state index is 4.37. The molecule has 0 saturated carbocycles. The first-order chi connectivity index (χ1) is 13.7. The number of nitrogens with zero attached hydrogens (tertiary/aromatic N) is 4. The van der Waals surface area contributed by atoms with Gasteiger partial charge in [-0.3, -0.25) is 5.10 Å². The van der Waals surface area contributed by atoms with Crippen LogP contribution in [0.25, 0.3) is 24.3 Å². The van der Waals surface area contributed by atoms with Crippen LogP contribution in [0, 0.1) is 0 Å². The minimum absolute atomic E-state index is 0.926. The summed E-state index contributed by atoms with van der Waals surface area (Å²) >= 11 is 0. The highest BCUT2D eigenvalue weighted by molar-refractivity contribution is 5.72. The first-order valence-corrected chi connectivity index (χ1v) is 9.74. The van der Waals surface area contributed by atoms with E-state index in [1.807, 2.05) is 31.5 Å². The number of H-pyrrole nitrogens is 1. The molecule has 0 aliphatic carbocycles. The van der Waals surface area contributed by atoms with Crippen molar-refractivity contribution >= 4 is 30.0 Å². The molecule has 0 radical (unpaired) electrons. The van der Waals surface area contributed by atoms with E-state index in [1.165, 1.54) is 11.3 Å². The third kappa shape index (κ3) is 4.43. The lowest BCUT2D eigenvalue weighted by Gasteiger charge is -2.34. The van der Waals surface area contributed by atoms with E-state index < -0.39 is 0 Å². The Balaban J connectivity index is 1.37. The highest BCUT2D eigenvalue weighted by Gasteiger charge is 2.13. The standard InChI is InChI=1S/C23H27N5/c1-26-14-16-28(17-15-26)23-10-6-19(7-11-23)5-8-20-18-21(25-24-20)9-12-22-4-3-13-27(22)2/h3-13,18H,14-17H2,1-2H3,(H,24,25). The van der Waals surface area contributed by atoms with Crippen molar-refractivity contribution in [2.75, 3.05) is 38.1 Å². The summed E-state index contributed by atoms with van der Waals surface area (Å²) in [6.07, 6.45) is 10.3. The zero-order valence-electron chi connectivity index (χ0n) is 16.5. The molecule has 0 bridgehead atoms. The van der Waals surface area contributed by atoms with Gasteiger partial charge in [0.1, 0.15) is 0 Å². The van der Waals surface area contributed by atoms with Gasteiger partial charge in [-0.2, -0.15) is 5.10 Å². The topological polar surface area (TPSA) is 40.1 Å². The minimum atomic E-state index is 0.926. The summed E-state index contributed by atoms with van der Waals surface area (Å²) in [5.74, 6) is 0. The van der Waals surface area contributed by atoms with Crippen molar-refractivity contribution in [1.82, 2.24) is 19.7 Å². The second-order valence-corrected chi connectivity index (χ2v) is 7.34. The fourth-order valence-corrected chi connectivity index (χ4v) is 3.39. The summed E-state index contributed by atoms with van der Waals surface area (Å²) in [6, 6.07) is 14.9. The van der Waals surface area contributed by atoms with Gasteiger partial charge in [-0.15, -0.1) is 0 Å². The fourth-order valence-electron chi connectivity index (χ4n) is 3.39. The number of rotatable bonds is 5. The molecule has 1 N–H and O–H groups in total. The van der Waals surface area contributed by atoms with Gasteiger partial charge in [0.2, 0.25) is 0 Å². The Morgan fingerprint density at radius 2 is 1.68 bits per heavy atom. The van der Waals surface area contributed by atoms with E-state index in [-0.39, 0.29) is 0 Å². The molecule has 5 nitrogen and oxygen atoms in total. The molecule has 1 aliphatic rings. The zero-order valence-corrected chi connectivity index (χ0v) is 16.5. The first kappa shape index (κ1) is 18.3. The van der Waals surface area contributed by atoms with Crippen LogP contribution in [0.5, 0.6) is 0 Å². The summed E-state index contributed by atoms with van der Waals surface area (Å²) in [6.45, 7) is 4.44. The molecule has 1 aromatic carbocycles. The maximum Gasteiger partial charge on any atom is 0.0854 e. The normalized spacial score (nSPS) is 15.9. The number of aromatic amines is 1. The molecule has 0 unspecified atom stereocenters. The maximum absolute atomic E-state index is 4.37. The molecule has 3 heterocycles. The van der Waals surface area contributed by atoms with Crippen molar-refractivity contribution in [2.24, 2.45) is 7.05 Å². The van der Waals surface area contributed by atoms with Crippen LogP contribution in [-0.4, -0.2) is 52.9 Å². The number of benzene rings is 1. The number of hydrogen-bond donors (Lipinski definition) is 1. The second-order valence-electron chi connectivity index (χ2n) is 7.34. The van der Waals surface area contributed by atoms with Crippen LogP contribution in [0.2, 0.25) is 0 Å².